The molecule has 0 heterocycles. The molecule has 0 saturated heterocycles. The molecule has 6 heteroatoms. The number of likely N-dealkylation sites (N-methyl/N-ethyl adjacent to an activating group) is 1. The predicted octanol–water partition coefficient (Wildman–Crippen LogP) is 4.46. The molecule has 5 nitrogen and oxygen atoms in total. The van der Waals surface area contributed by atoms with Crippen molar-refractivity contribution in [3.05, 3.63) is 59.7 Å². The second-order valence-corrected chi connectivity index (χ2v) is 8.15. The number of carbonyl (C=O) groups excluding carboxylic acids is 1. The van der Waals surface area contributed by atoms with Gasteiger partial charge >= 0.3 is 12.1 Å². The van der Waals surface area contributed by atoms with Crippen LogP contribution in [0.4, 0.5) is 4.79 Å². The number of amides is 1. The number of ether oxygens (including phenoxy) is 1. The number of hydrogen-bond acceptors (Lipinski definition) is 4. The fraction of sp³-hybridized carbons (Fsp3) is 0.364. The van der Waals surface area contributed by atoms with E-state index >= 15 is 0 Å². The minimum Gasteiger partial charge on any atom is -0.480 e. The molecule has 1 aliphatic rings. The van der Waals surface area contributed by atoms with E-state index in [0.29, 0.717) is 12.2 Å². The fourth-order valence-electron chi connectivity index (χ4n) is 3.65. The molecule has 0 spiro atoms. The minimum absolute atomic E-state index is 0.0383. The Kier molecular flexibility index (Phi) is 6.62. The molecule has 1 aliphatic carbocycles. The maximum Gasteiger partial charge on any atom is 0.410 e. The first kappa shape index (κ1) is 20.3. The molecule has 2 aromatic carbocycles. The lowest BCUT2D eigenvalue weighted by Gasteiger charge is -2.25. The Morgan fingerprint density at radius 3 is 2.21 bits per heavy atom. The maximum atomic E-state index is 12.5. The Hall–Kier alpha value is -2.47. The van der Waals surface area contributed by atoms with Gasteiger partial charge in [-0.1, -0.05) is 55.5 Å². The van der Waals surface area contributed by atoms with E-state index in [1.807, 2.05) is 31.2 Å². The van der Waals surface area contributed by atoms with Crippen LogP contribution in [0.5, 0.6) is 0 Å². The molecule has 0 saturated carbocycles. The highest BCUT2D eigenvalue weighted by atomic mass is 32.2. The van der Waals surface area contributed by atoms with Crippen molar-refractivity contribution in [1.82, 2.24) is 4.90 Å². The van der Waals surface area contributed by atoms with Gasteiger partial charge in [-0.2, -0.15) is 11.8 Å². The summed E-state index contributed by atoms with van der Waals surface area (Å²) >= 11 is 1.66. The number of benzene rings is 2. The van der Waals surface area contributed by atoms with E-state index in [4.69, 9.17) is 4.74 Å². The van der Waals surface area contributed by atoms with Gasteiger partial charge < -0.3 is 9.84 Å². The second kappa shape index (κ2) is 9.15. The van der Waals surface area contributed by atoms with Crippen LogP contribution in [0.15, 0.2) is 48.5 Å². The van der Waals surface area contributed by atoms with Crippen molar-refractivity contribution in [2.24, 2.45) is 0 Å². The van der Waals surface area contributed by atoms with Gasteiger partial charge in [-0.05, 0) is 40.2 Å². The quantitative estimate of drug-likeness (QED) is 0.664. The summed E-state index contributed by atoms with van der Waals surface area (Å²) in [6.45, 7) is 2.21. The van der Waals surface area contributed by atoms with Crippen LogP contribution >= 0.6 is 11.8 Å². The van der Waals surface area contributed by atoms with E-state index in [1.165, 1.54) is 11.9 Å². The average molecular weight is 400 g/mol. The van der Waals surface area contributed by atoms with Crippen LogP contribution < -0.4 is 0 Å². The van der Waals surface area contributed by atoms with Crippen LogP contribution in [0.2, 0.25) is 0 Å². The van der Waals surface area contributed by atoms with Crippen LogP contribution in [-0.4, -0.2) is 53.3 Å². The van der Waals surface area contributed by atoms with Gasteiger partial charge in [-0.25, -0.2) is 9.59 Å². The highest BCUT2D eigenvalue weighted by Crippen LogP contribution is 2.44. The lowest BCUT2D eigenvalue weighted by atomic mass is 9.98. The number of nitrogens with zero attached hydrogens (tertiary/aromatic N) is 1. The summed E-state index contributed by atoms with van der Waals surface area (Å²) in [5.74, 6) is 0.562. The highest BCUT2D eigenvalue weighted by molar-refractivity contribution is 7.99. The summed E-state index contributed by atoms with van der Waals surface area (Å²) in [5, 5.41) is 9.47. The molecule has 1 atom stereocenters. The van der Waals surface area contributed by atoms with Crippen molar-refractivity contribution in [2.75, 3.05) is 25.2 Å². The fourth-order valence-corrected chi connectivity index (χ4v) is 4.32. The number of rotatable bonds is 8. The summed E-state index contributed by atoms with van der Waals surface area (Å²) in [7, 11) is 1.49. The number of aliphatic carboxylic acids is 1. The van der Waals surface area contributed by atoms with Gasteiger partial charge in [0.05, 0.1) is 0 Å². The summed E-state index contributed by atoms with van der Waals surface area (Å²) in [6, 6.07) is 15.4. The van der Waals surface area contributed by atoms with Crippen LogP contribution in [0, 0.1) is 0 Å². The summed E-state index contributed by atoms with van der Waals surface area (Å²) in [4.78, 5) is 25.3. The Bertz CT molecular complexity index is 808. The zero-order valence-corrected chi connectivity index (χ0v) is 16.9. The molecule has 0 aromatic heterocycles. The lowest BCUT2D eigenvalue weighted by Crippen LogP contribution is -2.43. The minimum atomic E-state index is -1.01. The van der Waals surface area contributed by atoms with Crippen LogP contribution in [0.25, 0.3) is 11.1 Å². The highest BCUT2D eigenvalue weighted by Gasteiger charge is 2.31. The molecule has 0 fully saturated rings. The van der Waals surface area contributed by atoms with Crippen molar-refractivity contribution in [3.8, 4) is 11.1 Å². The van der Waals surface area contributed by atoms with Gasteiger partial charge in [0.15, 0.2) is 0 Å². The third-order valence-electron chi connectivity index (χ3n) is 5.12. The molecule has 3 rings (SSSR count). The Labute approximate surface area is 169 Å². The first-order valence-corrected chi connectivity index (χ1v) is 10.6. The summed E-state index contributed by atoms with van der Waals surface area (Å²) < 4.78 is 5.56. The summed E-state index contributed by atoms with van der Waals surface area (Å²) in [5.41, 5.74) is 4.58. The standard InChI is InChI=1S/C22H25NO4S/c1-3-28-13-12-20(21(24)25)23(2)22(26)27-14-19-17-10-6-4-8-15(17)16-9-5-7-11-18(16)19/h4-11,19-20H,3,12-14H2,1-2H3,(H,24,25). The maximum absolute atomic E-state index is 12.5. The van der Waals surface area contributed by atoms with Gasteiger partial charge in [0.25, 0.3) is 0 Å². The second-order valence-electron chi connectivity index (χ2n) is 6.75. The number of fused-ring (bicyclic) bond motifs is 3. The lowest BCUT2D eigenvalue weighted by molar-refractivity contribution is -0.142. The number of thioether (sulfide) groups is 1. The number of carboxylic acids is 1. The van der Waals surface area contributed by atoms with Crippen molar-refractivity contribution >= 4 is 23.8 Å². The van der Waals surface area contributed by atoms with E-state index in [-0.39, 0.29) is 12.5 Å². The molecular weight excluding hydrogens is 374 g/mol. The van der Waals surface area contributed by atoms with Crippen molar-refractivity contribution in [3.63, 3.8) is 0 Å². The van der Waals surface area contributed by atoms with Crippen LogP contribution in [0.1, 0.15) is 30.4 Å². The molecule has 1 amide bonds. The van der Waals surface area contributed by atoms with Crippen LogP contribution in [-0.2, 0) is 9.53 Å². The first-order valence-electron chi connectivity index (χ1n) is 9.43. The van der Waals surface area contributed by atoms with Gasteiger partial charge in [0, 0.05) is 13.0 Å². The third-order valence-corrected chi connectivity index (χ3v) is 6.05. The van der Waals surface area contributed by atoms with Gasteiger partial charge in [-0.3, -0.25) is 4.90 Å². The topological polar surface area (TPSA) is 66.8 Å². The smallest absolute Gasteiger partial charge is 0.410 e. The van der Waals surface area contributed by atoms with E-state index in [0.717, 1.165) is 28.0 Å². The van der Waals surface area contributed by atoms with Crippen LogP contribution in [0.3, 0.4) is 0 Å². The monoisotopic (exact) mass is 399 g/mol. The Balaban J connectivity index is 1.69. The molecule has 0 aliphatic heterocycles. The summed E-state index contributed by atoms with van der Waals surface area (Å²) in [6.07, 6.45) is -0.204. The molecule has 0 bridgehead atoms. The molecule has 148 valence electrons. The molecule has 2 aromatic rings. The van der Waals surface area contributed by atoms with E-state index in [1.54, 1.807) is 11.8 Å². The molecule has 28 heavy (non-hydrogen) atoms. The van der Waals surface area contributed by atoms with E-state index in [2.05, 4.69) is 24.3 Å². The Morgan fingerprint density at radius 1 is 1.11 bits per heavy atom. The Morgan fingerprint density at radius 2 is 1.68 bits per heavy atom. The predicted molar refractivity (Wildman–Crippen MR) is 112 cm³/mol. The zero-order chi connectivity index (χ0) is 20.1. The van der Waals surface area contributed by atoms with Gasteiger partial charge in [-0.15, -0.1) is 0 Å². The van der Waals surface area contributed by atoms with Gasteiger partial charge in [0.2, 0.25) is 0 Å². The van der Waals surface area contributed by atoms with Crippen molar-refractivity contribution < 1.29 is 19.4 Å². The first-order chi connectivity index (χ1) is 13.5. The normalized spacial score (nSPS) is 13.5. The van der Waals surface area contributed by atoms with E-state index < -0.39 is 18.1 Å². The number of hydrogen-bond donors (Lipinski definition) is 1. The molecule has 0 radical (unpaired) electrons. The van der Waals surface area contributed by atoms with Crippen molar-refractivity contribution in [1.29, 1.82) is 0 Å². The molecule has 1 N–H and O–H groups in total. The number of carboxylic acid groups (broad SMARTS) is 1. The average Bonchev–Trinajstić information content (AvgIpc) is 3.02. The zero-order valence-electron chi connectivity index (χ0n) is 16.1. The number of carbonyl (C=O) groups is 2. The molecule has 1 unspecified atom stereocenters. The van der Waals surface area contributed by atoms with Gasteiger partial charge in [0.1, 0.15) is 12.6 Å². The SMILES string of the molecule is CCSCCC(C(=O)O)N(C)C(=O)OCC1c2ccccc2-c2ccccc21. The molecular formula is C22H25NO4S. The largest absolute Gasteiger partial charge is 0.480 e. The van der Waals surface area contributed by atoms with Crippen molar-refractivity contribution in [2.45, 2.75) is 25.3 Å². The third kappa shape index (κ3) is 4.17. The van der Waals surface area contributed by atoms with E-state index in [9.17, 15) is 14.7 Å².